The molecular formula is C10H20N2SSi. The van der Waals surface area contributed by atoms with Crippen LogP contribution in [0, 0.1) is 0 Å². The summed E-state index contributed by atoms with van der Waals surface area (Å²) in [4.78, 5) is 4.61. The van der Waals surface area contributed by atoms with Gasteiger partial charge in [-0.2, -0.15) is 0 Å². The Labute approximate surface area is 92.3 Å². The molecule has 0 radical (unpaired) electrons. The number of hydrogen-bond acceptors (Lipinski definition) is 3. The molecule has 80 valence electrons. The Hall–Kier alpha value is 0.197. The lowest BCUT2D eigenvalue weighted by Gasteiger charge is -2.37. The number of rotatable bonds is 3. The Bertz CT molecular complexity index is 228. The van der Waals surface area contributed by atoms with E-state index in [1.165, 1.54) is 36.9 Å². The molecule has 0 aromatic carbocycles. The summed E-state index contributed by atoms with van der Waals surface area (Å²) in [5.41, 5.74) is 2.05. The predicted octanol–water partition coefficient (Wildman–Crippen LogP) is 2.78. The monoisotopic (exact) mass is 228 g/mol. The Morgan fingerprint density at radius 2 is 2.29 bits per heavy atom. The average Bonchev–Trinajstić information content (AvgIpc) is 2.86. The molecule has 14 heavy (non-hydrogen) atoms. The van der Waals surface area contributed by atoms with Crippen molar-refractivity contribution >= 4 is 25.5 Å². The van der Waals surface area contributed by atoms with Gasteiger partial charge in [-0.3, -0.25) is 4.99 Å². The quantitative estimate of drug-likeness (QED) is 0.690. The molecule has 1 unspecified atom stereocenters. The van der Waals surface area contributed by atoms with Crippen molar-refractivity contribution in [2.45, 2.75) is 44.6 Å². The first-order valence-corrected chi connectivity index (χ1v) is 9.34. The third-order valence-electron chi connectivity index (χ3n) is 3.88. The predicted molar refractivity (Wildman–Crippen MR) is 67.6 cm³/mol. The number of thioether (sulfide) groups is 1. The Morgan fingerprint density at radius 1 is 1.50 bits per heavy atom. The number of nitrogens with zero attached hydrogens (tertiary/aromatic N) is 2. The van der Waals surface area contributed by atoms with E-state index in [1.807, 2.05) is 17.3 Å². The van der Waals surface area contributed by atoms with Crippen LogP contribution >= 0.6 is 11.8 Å². The molecule has 0 N–H and O–H groups in total. The molecule has 0 spiro atoms. The summed E-state index contributed by atoms with van der Waals surface area (Å²) in [5.74, 6) is 1.20. The maximum atomic E-state index is 4.61. The van der Waals surface area contributed by atoms with Gasteiger partial charge in [0.25, 0.3) is 0 Å². The molecule has 0 amide bonds. The van der Waals surface area contributed by atoms with E-state index in [-0.39, 0.29) is 0 Å². The zero-order valence-electron chi connectivity index (χ0n) is 9.20. The van der Waals surface area contributed by atoms with E-state index in [0.717, 1.165) is 0 Å². The van der Waals surface area contributed by atoms with Gasteiger partial charge in [0.1, 0.15) is 14.4 Å². The lowest BCUT2D eigenvalue weighted by Crippen LogP contribution is -2.52. The summed E-state index contributed by atoms with van der Waals surface area (Å²) >= 11 is 1.88. The maximum absolute atomic E-state index is 4.61. The molecule has 0 aromatic heterocycles. The van der Waals surface area contributed by atoms with Crippen molar-refractivity contribution in [3.63, 3.8) is 0 Å². The van der Waals surface area contributed by atoms with E-state index >= 15 is 0 Å². The van der Waals surface area contributed by atoms with Gasteiger partial charge in [-0.15, -0.1) is 11.8 Å². The van der Waals surface area contributed by atoms with Crippen molar-refractivity contribution < 1.29 is 0 Å². The summed E-state index contributed by atoms with van der Waals surface area (Å²) in [6, 6.07) is 4.34. The smallest absolute Gasteiger partial charge is 0.130 e. The molecule has 2 rings (SSSR count). The Kier molecular flexibility index (Phi) is 3.34. The molecule has 0 bridgehead atoms. The minimum Gasteiger partial charge on any atom is -0.302 e. The van der Waals surface area contributed by atoms with Gasteiger partial charge in [0, 0.05) is 5.75 Å². The van der Waals surface area contributed by atoms with Gasteiger partial charge in [-0.1, -0.05) is 13.8 Å². The van der Waals surface area contributed by atoms with Crippen LogP contribution in [-0.4, -0.2) is 36.8 Å². The molecule has 1 saturated heterocycles. The van der Waals surface area contributed by atoms with E-state index in [4.69, 9.17) is 0 Å². The zero-order chi connectivity index (χ0) is 10.0. The molecule has 1 fully saturated rings. The van der Waals surface area contributed by atoms with Crippen molar-refractivity contribution in [2.24, 2.45) is 4.99 Å². The largest absolute Gasteiger partial charge is 0.302 e. The maximum Gasteiger partial charge on any atom is 0.130 e. The van der Waals surface area contributed by atoms with Gasteiger partial charge in [0.2, 0.25) is 0 Å². The number of hydrogen-bond donors (Lipinski definition) is 0. The Morgan fingerprint density at radius 3 is 2.86 bits per heavy atom. The first kappa shape index (κ1) is 10.7. The summed E-state index contributed by atoms with van der Waals surface area (Å²) in [5, 5.41) is 0. The lowest BCUT2D eigenvalue weighted by molar-refractivity contribution is 0.374. The van der Waals surface area contributed by atoms with Gasteiger partial charge in [0.05, 0.1) is 5.55 Å². The summed E-state index contributed by atoms with van der Waals surface area (Å²) in [7, 11) is -1.07. The fraction of sp³-hybridized carbons (Fsp3) is 0.900. The van der Waals surface area contributed by atoms with Crippen molar-refractivity contribution in [3.8, 4) is 0 Å². The molecule has 2 nitrogen and oxygen atoms in total. The minimum atomic E-state index is -1.07. The fourth-order valence-corrected chi connectivity index (χ4v) is 8.32. The Balaban J connectivity index is 2.12. The lowest BCUT2D eigenvalue weighted by atomic mass is 10.4. The molecule has 2 aliphatic rings. The normalized spacial score (nSPS) is 31.4. The van der Waals surface area contributed by atoms with E-state index in [9.17, 15) is 0 Å². The second-order valence-electron chi connectivity index (χ2n) is 4.30. The van der Waals surface area contributed by atoms with E-state index in [0.29, 0.717) is 6.17 Å². The summed E-state index contributed by atoms with van der Waals surface area (Å²) < 4.78 is 2.80. The molecular weight excluding hydrogens is 208 g/mol. The van der Waals surface area contributed by atoms with Crippen LogP contribution in [0.5, 0.6) is 0 Å². The average molecular weight is 228 g/mol. The van der Waals surface area contributed by atoms with Crippen LogP contribution in [0.3, 0.4) is 0 Å². The summed E-state index contributed by atoms with van der Waals surface area (Å²) in [6.45, 7) is 6.09. The third-order valence-corrected chi connectivity index (χ3v) is 10.3. The zero-order valence-corrected chi connectivity index (χ0v) is 11.0. The van der Waals surface area contributed by atoms with Gasteiger partial charge in [-0.05, 0) is 31.1 Å². The third kappa shape index (κ3) is 1.68. The first-order valence-electron chi connectivity index (χ1n) is 5.72. The molecule has 0 aromatic rings. The first-order chi connectivity index (χ1) is 6.82. The highest BCUT2D eigenvalue weighted by Gasteiger charge is 2.43. The van der Waals surface area contributed by atoms with E-state index < -0.39 is 8.24 Å². The molecule has 2 aliphatic heterocycles. The highest BCUT2D eigenvalue weighted by atomic mass is 32.2. The van der Waals surface area contributed by atoms with Gasteiger partial charge < -0.3 is 4.57 Å². The molecule has 1 atom stereocenters. The topological polar surface area (TPSA) is 15.6 Å². The second-order valence-corrected chi connectivity index (χ2v) is 10.1. The van der Waals surface area contributed by atoms with Crippen molar-refractivity contribution in [2.75, 3.05) is 12.3 Å². The van der Waals surface area contributed by atoms with E-state index in [1.54, 1.807) is 0 Å². The van der Waals surface area contributed by atoms with Crippen LogP contribution in [0.15, 0.2) is 4.99 Å². The molecule has 4 heteroatoms. The fourth-order valence-electron chi connectivity index (χ4n) is 2.89. The van der Waals surface area contributed by atoms with Gasteiger partial charge in [0.15, 0.2) is 0 Å². The van der Waals surface area contributed by atoms with Crippen LogP contribution in [0.2, 0.25) is 18.1 Å². The highest BCUT2D eigenvalue weighted by Crippen LogP contribution is 2.36. The number of aliphatic imine (C=N–C) groups is 1. The van der Waals surface area contributed by atoms with E-state index in [2.05, 4.69) is 23.4 Å². The standard InChI is InChI=1S/C10H20N2SSi/c1-3-14(4-2)7-5-6-12(14)10-8-13-9-11-10/h9-10H,3-8H2,1-2H3. The van der Waals surface area contributed by atoms with Crippen LogP contribution < -0.4 is 0 Å². The van der Waals surface area contributed by atoms with Crippen LogP contribution in [-0.2, 0) is 0 Å². The van der Waals surface area contributed by atoms with Gasteiger partial charge >= 0.3 is 0 Å². The van der Waals surface area contributed by atoms with Crippen LogP contribution in [0.4, 0.5) is 0 Å². The molecule has 2 heterocycles. The van der Waals surface area contributed by atoms with Crippen molar-refractivity contribution in [1.29, 1.82) is 0 Å². The highest BCUT2D eigenvalue weighted by molar-refractivity contribution is 8.12. The van der Waals surface area contributed by atoms with Crippen molar-refractivity contribution in [3.05, 3.63) is 0 Å². The molecule has 0 saturated carbocycles. The second kappa shape index (κ2) is 4.37. The SMILES string of the molecule is CC[Si]1(CC)CCCN1C1CSC=N1. The molecule has 0 aliphatic carbocycles. The van der Waals surface area contributed by atoms with Gasteiger partial charge in [-0.25, -0.2) is 0 Å². The minimum absolute atomic E-state index is 0.536. The van der Waals surface area contributed by atoms with Crippen molar-refractivity contribution in [1.82, 2.24) is 4.57 Å². The van der Waals surface area contributed by atoms with Crippen LogP contribution in [0.25, 0.3) is 0 Å². The van der Waals surface area contributed by atoms with Crippen LogP contribution in [0.1, 0.15) is 20.3 Å². The summed E-state index contributed by atoms with van der Waals surface area (Å²) in [6.07, 6.45) is 1.96.